The van der Waals surface area contributed by atoms with Crippen molar-refractivity contribution >= 4 is 15.7 Å². The Morgan fingerprint density at radius 3 is 2.80 bits per heavy atom. The molecule has 0 saturated carbocycles. The topological polar surface area (TPSA) is 90.0 Å². The van der Waals surface area contributed by atoms with Gasteiger partial charge in [0.1, 0.15) is 5.82 Å². The molecule has 0 unspecified atom stereocenters. The Balaban J connectivity index is 2.30. The second-order valence-electron chi connectivity index (χ2n) is 4.15. The van der Waals surface area contributed by atoms with Crippen LogP contribution in [-0.4, -0.2) is 18.2 Å². The van der Waals surface area contributed by atoms with Crippen molar-refractivity contribution in [3.8, 4) is 0 Å². The van der Waals surface area contributed by atoms with Crippen LogP contribution in [0.1, 0.15) is 12.5 Å². The van der Waals surface area contributed by atoms with Crippen molar-refractivity contribution in [3.63, 3.8) is 0 Å². The molecule has 0 bridgehead atoms. The average molecular weight is 298 g/mol. The smallest absolute Gasteiger partial charge is 0.262 e. The van der Waals surface area contributed by atoms with Crippen LogP contribution in [0.25, 0.3) is 0 Å². The number of hydrogen-bond acceptors (Lipinski definition) is 4. The monoisotopic (exact) mass is 298 g/mol. The molecular weight excluding hydrogens is 283 g/mol. The third-order valence-corrected chi connectivity index (χ3v) is 4.14. The number of hydrogen-bond donors (Lipinski definition) is 2. The van der Waals surface area contributed by atoms with Crippen molar-refractivity contribution in [2.45, 2.75) is 24.9 Å². The van der Waals surface area contributed by atoms with Gasteiger partial charge in [0.05, 0.1) is 16.8 Å². The van der Waals surface area contributed by atoms with Crippen molar-refractivity contribution < 1.29 is 12.8 Å². The fraction of sp³-hybridized carbons (Fsp3) is 0.250. The molecule has 0 amide bonds. The van der Waals surface area contributed by atoms with E-state index in [1.807, 2.05) is 6.92 Å². The van der Waals surface area contributed by atoms with Crippen LogP contribution in [0.15, 0.2) is 35.5 Å². The van der Waals surface area contributed by atoms with Crippen LogP contribution in [0, 0.1) is 5.82 Å². The molecule has 2 aromatic rings. The van der Waals surface area contributed by atoms with Crippen LogP contribution in [0.5, 0.6) is 0 Å². The molecule has 6 nitrogen and oxygen atoms in total. The maximum Gasteiger partial charge on any atom is 0.262 e. The summed E-state index contributed by atoms with van der Waals surface area (Å²) < 4.78 is 41.6. The first-order chi connectivity index (χ1) is 9.46. The van der Waals surface area contributed by atoms with Crippen LogP contribution >= 0.6 is 0 Å². The molecule has 0 fully saturated rings. The number of sulfonamides is 1. The van der Waals surface area contributed by atoms with Gasteiger partial charge >= 0.3 is 0 Å². The molecule has 8 heteroatoms. The Kier molecular flexibility index (Phi) is 4.05. The maximum absolute atomic E-state index is 13.3. The van der Waals surface area contributed by atoms with E-state index in [0.717, 1.165) is 6.07 Å². The molecule has 0 spiro atoms. The first-order valence-electron chi connectivity index (χ1n) is 6.00. The van der Waals surface area contributed by atoms with Crippen molar-refractivity contribution in [3.05, 3.63) is 42.0 Å². The normalized spacial score (nSPS) is 11.6. The highest BCUT2D eigenvalue weighted by atomic mass is 32.2. The Bertz CT molecular complexity index is 712. The summed E-state index contributed by atoms with van der Waals surface area (Å²) in [7, 11) is -3.78. The summed E-state index contributed by atoms with van der Waals surface area (Å²) in [5.74, 6) is -0.523. The predicted octanol–water partition coefficient (Wildman–Crippen LogP) is 1.30. The molecule has 3 N–H and O–H groups in total. The minimum absolute atomic E-state index is 0.0383. The van der Waals surface area contributed by atoms with Crippen LogP contribution in [0.3, 0.4) is 0 Å². The number of halogens is 1. The van der Waals surface area contributed by atoms with Crippen molar-refractivity contribution in [1.29, 1.82) is 0 Å². The minimum Gasteiger partial charge on any atom is -0.326 e. The van der Waals surface area contributed by atoms with Gasteiger partial charge in [-0.05, 0) is 25.1 Å². The largest absolute Gasteiger partial charge is 0.326 e. The highest BCUT2D eigenvalue weighted by Gasteiger charge is 2.16. The predicted molar refractivity (Wildman–Crippen MR) is 73.0 cm³/mol. The van der Waals surface area contributed by atoms with Gasteiger partial charge in [0.2, 0.25) is 0 Å². The van der Waals surface area contributed by atoms with E-state index in [1.54, 1.807) is 10.9 Å². The third-order valence-electron chi connectivity index (χ3n) is 2.76. The molecule has 0 aliphatic rings. The van der Waals surface area contributed by atoms with Gasteiger partial charge in [0, 0.05) is 24.8 Å². The zero-order valence-corrected chi connectivity index (χ0v) is 11.7. The van der Waals surface area contributed by atoms with E-state index < -0.39 is 15.8 Å². The molecule has 0 atom stereocenters. The lowest BCUT2D eigenvalue weighted by molar-refractivity contribution is 0.596. The Morgan fingerprint density at radius 2 is 2.20 bits per heavy atom. The lowest BCUT2D eigenvalue weighted by atomic mass is 10.2. The quantitative estimate of drug-likeness (QED) is 0.870. The number of nitrogens with one attached hydrogen (secondary N) is 1. The van der Waals surface area contributed by atoms with Crippen molar-refractivity contribution in [2.24, 2.45) is 5.73 Å². The fourth-order valence-electron chi connectivity index (χ4n) is 1.68. The lowest BCUT2D eigenvalue weighted by Gasteiger charge is -2.08. The maximum atomic E-state index is 13.3. The minimum atomic E-state index is -3.78. The van der Waals surface area contributed by atoms with Gasteiger partial charge in [0.15, 0.2) is 0 Å². The van der Waals surface area contributed by atoms with Crippen LogP contribution in [-0.2, 0) is 23.1 Å². The Hall–Kier alpha value is -1.93. The van der Waals surface area contributed by atoms with E-state index in [1.165, 1.54) is 18.3 Å². The SMILES string of the molecule is CCn1cc(NS(=O)(=O)c2ccc(F)c(CN)c2)cn1. The fourth-order valence-corrected chi connectivity index (χ4v) is 2.76. The second-order valence-corrected chi connectivity index (χ2v) is 5.83. The van der Waals surface area contributed by atoms with E-state index in [9.17, 15) is 12.8 Å². The van der Waals surface area contributed by atoms with E-state index >= 15 is 0 Å². The molecule has 0 radical (unpaired) electrons. The van der Waals surface area contributed by atoms with Gasteiger partial charge in [0.25, 0.3) is 10.0 Å². The summed E-state index contributed by atoms with van der Waals surface area (Å²) in [6.45, 7) is 2.46. The van der Waals surface area contributed by atoms with Gasteiger partial charge in [-0.1, -0.05) is 0 Å². The summed E-state index contributed by atoms with van der Waals surface area (Å²) >= 11 is 0. The first kappa shape index (κ1) is 14.5. The number of aromatic nitrogens is 2. The molecule has 1 heterocycles. The van der Waals surface area contributed by atoms with E-state index in [-0.39, 0.29) is 17.0 Å². The second kappa shape index (κ2) is 5.59. The highest BCUT2D eigenvalue weighted by Crippen LogP contribution is 2.18. The molecule has 108 valence electrons. The van der Waals surface area contributed by atoms with Crippen molar-refractivity contribution in [1.82, 2.24) is 9.78 Å². The van der Waals surface area contributed by atoms with E-state index in [0.29, 0.717) is 12.2 Å². The molecule has 0 saturated heterocycles. The molecule has 0 aliphatic carbocycles. The molecule has 1 aromatic heterocycles. The van der Waals surface area contributed by atoms with Crippen molar-refractivity contribution in [2.75, 3.05) is 4.72 Å². The summed E-state index contributed by atoms with van der Waals surface area (Å²) in [4.78, 5) is -0.0383. The van der Waals surface area contributed by atoms with Gasteiger partial charge in [-0.3, -0.25) is 9.40 Å². The number of rotatable bonds is 5. The third kappa shape index (κ3) is 2.97. The zero-order valence-electron chi connectivity index (χ0n) is 10.9. The Labute approximate surface area is 116 Å². The summed E-state index contributed by atoms with van der Waals surface area (Å²) in [5.41, 5.74) is 5.87. The van der Waals surface area contributed by atoms with E-state index in [4.69, 9.17) is 5.73 Å². The van der Waals surface area contributed by atoms with E-state index in [2.05, 4.69) is 9.82 Å². The molecule has 2 rings (SSSR count). The molecular formula is C12H15FN4O2S. The van der Waals surface area contributed by atoms with Crippen LogP contribution < -0.4 is 10.5 Å². The number of nitrogens with zero attached hydrogens (tertiary/aromatic N) is 2. The summed E-state index contributed by atoms with van der Waals surface area (Å²) in [6.07, 6.45) is 2.99. The number of benzene rings is 1. The number of anilines is 1. The Morgan fingerprint density at radius 1 is 1.45 bits per heavy atom. The first-order valence-corrected chi connectivity index (χ1v) is 7.48. The average Bonchev–Trinajstić information content (AvgIpc) is 2.86. The molecule has 1 aromatic carbocycles. The van der Waals surface area contributed by atoms with Gasteiger partial charge < -0.3 is 5.73 Å². The lowest BCUT2D eigenvalue weighted by Crippen LogP contribution is -2.13. The highest BCUT2D eigenvalue weighted by molar-refractivity contribution is 7.92. The van der Waals surface area contributed by atoms with Gasteiger partial charge in [-0.25, -0.2) is 12.8 Å². The summed E-state index contributed by atoms with van der Waals surface area (Å²) in [6, 6.07) is 3.51. The molecule has 0 aliphatic heterocycles. The van der Waals surface area contributed by atoms with Crippen LogP contribution in [0.4, 0.5) is 10.1 Å². The zero-order chi connectivity index (χ0) is 14.8. The van der Waals surface area contributed by atoms with Gasteiger partial charge in [-0.15, -0.1) is 0 Å². The van der Waals surface area contributed by atoms with Crippen LogP contribution in [0.2, 0.25) is 0 Å². The standard InChI is InChI=1S/C12H15FN4O2S/c1-2-17-8-10(7-15-17)16-20(18,19)11-3-4-12(13)9(5-11)6-14/h3-5,7-8,16H,2,6,14H2,1H3. The summed E-state index contributed by atoms with van der Waals surface area (Å²) in [5, 5.41) is 3.97. The van der Waals surface area contributed by atoms with Gasteiger partial charge in [-0.2, -0.15) is 5.10 Å². The number of nitrogens with two attached hydrogens (primary N) is 1. The number of aryl methyl sites for hydroxylation is 1. The molecule has 20 heavy (non-hydrogen) atoms.